The second kappa shape index (κ2) is 11.7. The molecule has 198 valence electrons. The first-order valence-electron chi connectivity index (χ1n) is 12.9. The van der Waals surface area contributed by atoms with E-state index in [9.17, 15) is 9.59 Å². The lowest BCUT2D eigenvalue weighted by molar-refractivity contribution is 0.0524. The zero-order chi connectivity index (χ0) is 27.4. The number of ether oxygens (including phenoxy) is 1. The second-order valence-electron chi connectivity index (χ2n) is 9.58. The van der Waals surface area contributed by atoms with E-state index in [1.807, 2.05) is 84.4 Å². The predicted molar refractivity (Wildman–Crippen MR) is 159 cm³/mol. The van der Waals surface area contributed by atoms with Gasteiger partial charge in [0.1, 0.15) is 10.4 Å². The summed E-state index contributed by atoms with van der Waals surface area (Å²) in [7, 11) is 2.04. The summed E-state index contributed by atoms with van der Waals surface area (Å²) in [5, 5.41) is 0.563. The van der Waals surface area contributed by atoms with Gasteiger partial charge in [0, 0.05) is 36.4 Å². The van der Waals surface area contributed by atoms with Crippen LogP contribution in [0.2, 0.25) is 0 Å². The topological polar surface area (TPSA) is 77.6 Å². The Labute approximate surface area is 231 Å². The lowest BCUT2D eigenvalue weighted by Crippen LogP contribution is -2.23. The molecule has 0 radical (unpaired) electrons. The normalized spacial score (nSPS) is 11.3. The van der Waals surface area contributed by atoms with E-state index in [4.69, 9.17) is 10.5 Å². The van der Waals surface area contributed by atoms with Crippen LogP contribution in [0.4, 0.5) is 5.69 Å². The third kappa shape index (κ3) is 5.79. The van der Waals surface area contributed by atoms with E-state index in [2.05, 4.69) is 17.0 Å². The fourth-order valence-corrected chi connectivity index (χ4v) is 6.08. The molecule has 39 heavy (non-hydrogen) atoms. The summed E-state index contributed by atoms with van der Waals surface area (Å²) in [4.78, 5) is 30.9. The average Bonchev–Trinajstić information content (AvgIpc) is 3.31. The van der Waals surface area contributed by atoms with Crippen molar-refractivity contribution in [1.82, 2.24) is 9.47 Å². The van der Waals surface area contributed by atoms with E-state index in [0.717, 1.165) is 32.9 Å². The highest BCUT2D eigenvalue weighted by molar-refractivity contribution is 7.22. The number of benzene rings is 3. The molecule has 0 atom stereocenters. The number of carbonyl (C=O) groups is 1. The minimum absolute atomic E-state index is 0.0499. The first kappa shape index (κ1) is 26.4. The van der Waals surface area contributed by atoms with Gasteiger partial charge in [-0.25, -0.2) is 4.79 Å². The van der Waals surface area contributed by atoms with Gasteiger partial charge >= 0.3 is 5.97 Å². The van der Waals surface area contributed by atoms with Gasteiger partial charge in [-0.1, -0.05) is 72.8 Å². The molecule has 0 bridgehead atoms. The number of esters is 1. The van der Waals surface area contributed by atoms with Crippen molar-refractivity contribution in [2.24, 2.45) is 0 Å². The number of nitrogens with two attached hydrogens (primary N) is 1. The number of rotatable bonds is 9. The molecule has 0 saturated carbocycles. The van der Waals surface area contributed by atoms with E-state index in [1.165, 1.54) is 5.56 Å². The van der Waals surface area contributed by atoms with Crippen LogP contribution in [0.3, 0.4) is 0 Å². The number of hydrogen-bond acceptors (Lipinski definition) is 6. The number of hydrogen-bond donors (Lipinski definition) is 1. The number of thiophene rings is 1. The van der Waals surface area contributed by atoms with Crippen molar-refractivity contribution in [1.29, 1.82) is 0 Å². The first-order valence-corrected chi connectivity index (χ1v) is 13.7. The highest BCUT2D eigenvalue weighted by Crippen LogP contribution is 2.39. The summed E-state index contributed by atoms with van der Waals surface area (Å²) in [5.74, 6) is -0.602. The van der Waals surface area contributed by atoms with Crippen LogP contribution < -0.4 is 11.2 Å². The van der Waals surface area contributed by atoms with Crippen LogP contribution in [-0.2, 0) is 24.4 Å². The van der Waals surface area contributed by atoms with Crippen molar-refractivity contribution in [2.75, 3.05) is 19.4 Å². The number of pyridine rings is 1. The zero-order valence-corrected chi connectivity index (χ0v) is 22.9. The minimum atomic E-state index is -0.602. The maximum Gasteiger partial charge on any atom is 0.343 e. The lowest BCUT2D eigenvalue weighted by Gasteiger charge is -2.18. The fourth-order valence-electron chi connectivity index (χ4n) is 4.79. The van der Waals surface area contributed by atoms with Crippen molar-refractivity contribution >= 4 is 33.2 Å². The molecular formula is C32H31N3O3S. The fraction of sp³-hybridized carbons (Fsp3) is 0.188. The number of carbonyl (C=O) groups excluding carboxylic acids is 1. The monoisotopic (exact) mass is 537 g/mol. The molecule has 2 aromatic heterocycles. The molecule has 2 heterocycles. The molecule has 2 N–H and O–H groups in total. The largest absolute Gasteiger partial charge is 0.462 e. The summed E-state index contributed by atoms with van der Waals surface area (Å²) >= 11 is 1.57. The maximum absolute atomic E-state index is 14.0. The Hall–Kier alpha value is -4.20. The van der Waals surface area contributed by atoms with Gasteiger partial charge in [0.25, 0.3) is 0 Å². The van der Waals surface area contributed by atoms with E-state index >= 15 is 0 Å². The Kier molecular flexibility index (Phi) is 7.91. The third-order valence-corrected chi connectivity index (χ3v) is 7.91. The van der Waals surface area contributed by atoms with E-state index < -0.39 is 5.97 Å². The van der Waals surface area contributed by atoms with E-state index in [0.29, 0.717) is 24.2 Å². The number of fused-ring (bicyclic) bond motifs is 1. The van der Waals surface area contributed by atoms with Crippen LogP contribution in [0.5, 0.6) is 0 Å². The highest BCUT2D eigenvalue weighted by atomic mass is 32.1. The standard InChI is InChI=1S/C32H31N3O3S/c1-3-38-32(37)27-21-35(19-23-12-8-5-9-13-23)31-28(29(27)36)26(20-34(2)18-22-10-6-4-7-11-22)30(39-31)24-14-16-25(33)17-15-24/h4-17,21H,3,18-20,33H2,1-2H3. The molecule has 5 aromatic rings. The zero-order valence-electron chi connectivity index (χ0n) is 22.1. The molecular weight excluding hydrogens is 506 g/mol. The molecule has 0 fully saturated rings. The Bertz CT molecular complexity index is 1640. The van der Waals surface area contributed by atoms with Gasteiger partial charge in [-0.2, -0.15) is 0 Å². The third-order valence-electron chi connectivity index (χ3n) is 6.59. The van der Waals surface area contributed by atoms with Gasteiger partial charge in [-0.05, 0) is 48.4 Å². The van der Waals surface area contributed by atoms with E-state index in [-0.39, 0.29) is 17.6 Å². The van der Waals surface area contributed by atoms with Gasteiger partial charge in [0.05, 0.1) is 12.0 Å². The predicted octanol–water partition coefficient (Wildman–Crippen LogP) is 6.17. The molecule has 0 spiro atoms. The van der Waals surface area contributed by atoms with Crippen LogP contribution in [0.1, 0.15) is 34.0 Å². The van der Waals surface area contributed by atoms with Crippen LogP contribution in [0, 0.1) is 0 Å². The molecule has 0 saturated heterocycles. The molecule has 0 aliphatic heterocycles. The summed E-state index contributed by atoms with van der Waals surface area (Å²) in [6, 6.07) is 28.0. The SMILES string of the molecule is CCOC(=O)c1cn(Cc2ccccc2)c2sc(-c3ccc(N)cc3)c(CN(C)Cc3ccccc3)c2c1=O. The van der Waals surface area contributed by atoms with Crippen molar-refractivity contribution in [3.8, 4) is 10.4 Å². The van der Waals surface area contributed by atoms with Crippen LogP contribution in [0.25, 0.3) is 20.7 Å². The molecule has 0 amide bonds. The van der Waals surface area contributed by atoms with Gasteiger partial charge in [0.15, 0.2) is 0 Å². The Morgan fingerprint density at radius 1 is 0.923 bits per heavy atom. The summed E-state index contributed by atoms with van der Waals surface area (Å²) in [5.41, 5.74) is 10.6. The van der Waals surface area contributed by atoms with Crippen molar-refractivity contribution in [3.05, 3.63) is 124 Å². The molecule has 0 aliphatic rings. The number of aromatic nitrogens is 1. The quantitative estimate of drug-likeness (QED) is 0.180. The summed E-state index contributed by atoms with van der Waals surface area (Å²) in [6.07, 6.45) is 1.65. The van der Waals surface area contributed by atoms with Gasteiger partial charge in [0.2, 0.25) is 5.43 Å². The highest BCUT2D eigenvalue weighted by Gasteiger charge is 2.24. The average molecular weight is 538 g/mol. The molecule has 0 unspecified atom stereocenters. The summed E-state index contributed by atoms with van der Waals surface area (Å²) in [6.45, 7) is 3.70. The number of nitrogen functional groups attached to an aromatic ring is 1. The van der Waals surface area contributed by atoms with Crippen molar-refractivity contribution < 1.29 is 9.53 Å². The van der Waals surface area contributed by atoms with Crippen molar-refractivity contribution in [3.63, 3.8) is 0 Å². The molecule has 7 heteroatoms. The first-order chi connectivity index (χ1) is 18.9. The van der Waals surface area contributed by atoms with Gasteiger partial charge in [-0.3, -0.25) is 9.69 Å². The minimum Gasteiger partial charge on any atom is -0.462 e. The molecule has 6 nitrogen and oxygen atoms in total. The van der Waals surface area contributed by atoms with Crippen molar-refractivity contribution in [2.45, 2.75) is 26.6 Å². The van der Waals surface area contributed by atoms with Crippen LogP contribution in [0.15, 0.2) is 95.9 Å². The Morgan fingerprint density at radius 2 is 1.56 bits per heavy atom. The maximum atomic E-state index is 14.0. The van der Waals surface area contributed by atoms with E-state index in [1.54, 1.807) is 24.5 Å². The lowest BCUT2D eigenvalue weighted by atomic mass is 10.0. The van der Waals surface area contributed by atoms with Crippen LogP contribution >= 0.6 is 11.3 Å². The van der Waals surface area contributed by atoms with Gasteiger partial charge < -0.3 is 15.0 Å². The summed E-state index contributed by atoms with van der Waals surface area (Å²) < 4.78 is 7.30. The smallest absolute Gasteiger partial charge is 0.343 e. The molecule has 5 rings (SSSR count). The Morgan fingerprint density at radius 3 is 2.21 bits per heavy atom. The van der Waals surface area contributed by atoms with Gasteiger partial charge in [-0.15, -0.1) is 11.3 Å². The Balaban J connectivity index is 1.71. The van der Waals surface area contributed by atoms with Crippen LogP contribution in [-0.4, -0.2) is 29.1 Å². The number of nitrogens with zero attached hydrogens (tertiary/aromatic N) is 2. The molecule has 3 aromatic carbocycles. The second-order valence-corrected chi connectivity index (χ2v) is 10.6. The molecule has 0 aliphatic carbocycles. The number of anilines is 1.